The Morgan fingerprint density at radius 1 is 1.56 bits per heavy atom. The van der Waals surface area contributed by atoms with Gasteiger partial charge in [-0.15, -0.1) is 0 Å². The summed E-state index contributed by atoms with van der Waals surface area (Å²) in [6.45, 7) is 0.226. The normalized spacial score (nSPS) is 10.0. The first-order valence-electron chi connectivity index (χ1n) is 4.60. The minimum absolute atomic E-state index is 0.226. The largest absolute Gasteiger partial charge is 0.352 e. The Hall–Kier alpha value is -2.44. The van der Waals surface area contributed by atoms with Gasteiger partial charge >= 0.3 is 6.03 Å². The number of rotatable bonds is 3. The van der Waals surface area contributed by atoms with Gasteiger partial charge in [0.05, 0.1) is 18.4 Å². The Morgan fingerprint density at radius 3 is 3.12 bits per heavy atom. The van der Waals surface area contributed by atoms with Crippen LogP contribution in [0.15, 0.2) is 30.9 Å². The molecule has 0 saturated heterocycles. The Bertz CT molecular complexity index is 480. The minimum atomic E-state index is -0.597. The number of nitrogens with one attached hydrogen (secondary N) is 1. The maximum Gasteiger partial charge on any atom is 0.312 e. The van der Waals surface area contributed by atoms with Crippen LogP contribution in [-0.4, -0.2) is 25.8 Å². The highest BCUT2D eigenvalue weighted by Crippen LogP contribution is 2.05. The molecule has 0 aliphatic rings. The molecule has 7 nitrogen and oxygen atoms in total. The van der Waals surface area contributed by atoms with Gasteiger partial charge in [0.25, 0.3) is 0 Å². The molecule has 2 aromatic rings. The van der Waals surface area contributed by atoms with E-state index in [0.717, 1.165) is 5.69 Å². The summed E-state index contributed by atoms with van der Waals surface area (Å²) < 4.78 is 1.59. The average molecular weight is 218 g/mol. The summed E-state index contributed by atoms with van der Waals surface area (Å²) in [4.78, 5) is 18.6. The van der Waals surface area contributed by atoms with E-state index in [2.05, 4.69) is 20.4 Å². The SMILES string of the molecule is NC(=O)NCc1ncnn1-c1cccnc1. The van der Waals surface area contributed by atoms with Crippen LogP contribution in [0.3, 0.4) is 0 Å². The van der Waals surface area contributed by atoms with Gasteiger partial charge in [-0.3, -0.25) is 4.98 Å². The van der Waals surface area contributed by atoms with E-state index in [1.807, 2.05) is 6.07 Å². The molecule has 0 spiro atoms. The molecular weight excluding hydrogens is 208 g/mol. The van der Waals surface area contributed by atoms with Crippen molar-refractivity contribution < 1.29 is 4.79 Å². The number of nitrogens with two attached hydrogens (primary N) is 1. The number of urea groups is 1. The van der Waals surface area contributed by atoms with Crippen molar-refractivity contribution in [3.05, 3.63) is 36.7 Å². The van der Waals surface area contributed by atoms with Crippen LogP contribution in [0.5, 0.6) is 0 Å². The lowest BCUT2D eigenvalue weighted by Crippen LogP contribution is -2.29. The maximum atomic E-state index is 10.6. The molecule has 0 fully saturated rings. The first kappa shape index (κ1) is 10.1. The number of carbonyl (C=O) groups excluding carboxylic acids is 1. The molecule has 2 aromatic heterocycles. The molecule has 2 heterocycles. The Morgan fingerprint density at radius 2 is 2.44 bits per heavy atom. The molecule has 2 rings (SSSR count). The molecule has 0 aliphatic heterocycles. The zero-order chi connectivity index (χ0) is 11.4. The van der Waals surface area contributed by atoms with Gasteiger partial charge in [0.2, 0.25) is 0 Å². The quantitative estimate of drug-likeness (QED) is 0.747. The summed E-state index contributed by atoms with van der Waals surface area (Å²) in [5.41, 5.74) is 5.76. The van der Waals surface area contributed by atoms with Gasteiger partial charge in [-0.2, -0.15) is 5.10 Å². The van der Waals surface area contributed by atoms with Crippen LogP contribution in [0.25, 0.3) is 5.69 Å². The highest BCUT2D eigenvalue weighted by Gasteiger charge is 2.06. The van der Waals surface area contributed by atoms with E-state index in [1.165, 1.54) is 6.33 Å². The number of hydrogen-bond acceptors (Lipinski definition) is 4. The lowest BCUT2D eigenvalue weighted by Gasteiger charge is -2.05. The molecule has 0 atom stereocenters. The average Bonchev–Trinajstić information content (AvgIpc) is 2.75. The van der Waals surface area contributed by atoms with Gasteiger partial charge in [0.15, 0.2) is 5.82 Å². The topological polar surface area (TPSA) is 98.7 Å². The lowest BCUT2D eigenvalue weighted by atomic mass is 10.4. The predicted molar refractivity (Wildman–Crippen MR) is 55.6 cm³/mol. The fourth-order valence-corrected chi connectivity index (χ4v) is 1.25. The van der Waals surface area contributed by atoms with E-state index in [0.29, 0.717) is 5.82 Å². The van der Waals surface area contributed by atoms with E-state index in [4.69, 9.17) is 5.73 Å². The second kappa shape index (κ2) is 4.39. The summed E-state index contributed by atoms with van der Waals surface area (Å²) in [5, 5.41) is 6.49. The van der Waals surface area contributed by atoms with Gasteiger partial charge < -0.3 is 11.1 Å². The van der Waals surface area contributed by atoms with E-state index in [-0.39, 0.29) is 6.54 Å². The standard InChI is InChI=1S/C9H10N6O/c10-9(16)12-5-8-13-6-14-15(8)7-2-1-3-11-4-7/h1-4,6H,5H2,(H3,10,12,16). The molecule has 16 heavy (non-hydrogen) atoms. The fraction of sp³-hybridized carbons (Fsp3) is 0.111. The number of aromatic nitrogens is 4. The zero-order valence-corrected chi connectivity index (χ0v) is 8.37. The Balaban J connectivity index is 2.23. The zero-order valence-electron chi connectivity index (χ0n) is 8.37. The molecule has 0 aliphatic carbocycles. The van der Waals surface area contributed by atoms with E-state index < -0.39 is 6.03 Å². The highest BCUT2D eigenvalue weighted by atomic mass is 16.2. The van der Waals surface area contributed by atoms with Crippen LogP contribution in [0.4, 0.5) is 4.79 Å². The van der Waals surface area contributed by atoms with Crippen molar-refractivity contribution in [2.24, 2.45) is 5.73 Å². The van der Waals surface area contributed by atoms with Gasteiger partial charge in [-0.05, 0) is 12.1 Å². The van der Waals surface area contributed by atoms with Crippen molar-refractivity contribution in [3.63, 3.8) is 0 Å². The van der Waals surface area contributed by atoms with E-state index in [9.17, 15) is 4.79 Å². The van der Waals surface area contributed by atoms with Gasteiger partial charge in [0.1, 0.15) is 6.33 Å². The number of primary amides is 1. The Labute approximate surface area is 91.3 Å². The Kier molecular flexibility index (Phi) is 2.77. The van der Waals surface area contributed by atoms with Crippen molar-refractivity contribution in [3.8, 4) is 5.69 Å². The van der Waals surface area contributed by atoms with Crippen molar-refractivity contribution in [2.45, 2.75) is 6.54 Å². The fourth-order valence-electron chi connectivity index (χ4n) is 1.25. The molecule has 2 amide bonds. The third-order valence-electron chi connectivity index (χ3n) is 1.93. The first-order valence-corrected chi connectivity index (χ1v) is 4.60. The van der Waals surface area contributed by atoms with Crippen LogP contribution in [0.2, 0.25) is 0 Å². The molecular formula is C9H10N6O. The third kappa shape index (κ3) is 2.14. The van der Waals surface area contributed by atoms with Gasteiger partial charge in [0, 0.05) is 6.20 Å². The summed E-state index contributed by atoms with van der Waals surface area (Å²) in [6, 6.07) is 3.04. The smallest absolute Gasteiger partial charge is 0.312 e. The van der Waals surface area contributed by atoms with Crippen LogP contribution < -0.4 is 11.1 Å². The predicted octanol–water partition coefficient (Wildman–Crippen LogP) is -0.169. The van der Waals surface area contributed by atoms with E-state index >= 15 is 0 Å². The van der Waals surface area contributed by atoms with Crippen molar-refractivity contribution in [1.29, 1.82) is 0 Å². The third-order valence-corrected chi connectivity index (χ3v) is 1.93. The number of amides is 2. The van der Waals surface area contributed by atoms with Gasteiger partial charge in [-0.25, -0.2) is 14.5 Å². The molecule has 7 heteroatoms. The first-order chi connectivity index (χ1) is 7.77. The summed E-state index contributed by atoms with van der Waals surface area (Å²) in [5.74, 6) is 0.590. The van der Waals surface area contributed by atoms with Crippen LogP contribution >= 0.6 is 0 Å². The number of hydrogen-bond donors (Lipinski definition) is 2. The molecule has 82 valence electrons. The number of pyridine rings is 1. The number of carbonyl (C=O) groups is 1. The second-order valence-electron chi connectivity index (χ2n) is 3.02. The summed E-state index contributed by atoms with van der Waals surface area (Å²) in [6.07, 6.45) is 4.73. The second-order valence-corrected chi connectivity index (χ2v) is 3.02. The summed E-state index contributed by atoms with van der Waals surface area (Å²) in [7, 11) is 0. The van der Waals surface area contributed by atoms with Crippen molar-refractivity contribution >= 4 is 6.03 Å². The van der Waals surface area contributed by atoms with Crippen molar-refractivity contribution in [1.82, 2.24) is 25.1 Å². The highest BCUT2D eigenvalue weighted by molar-refractivity contribution is 5.71. The van der Waals surface area contributed by atoms with Crippen LogP contribution in [0.1, 0.15) is 5.82 Å². The monoisotopic (exact) mass is 218 g/mol. The van der Waals surface area contributed by atoms with Crippen molar-refractivity contribution in [2.75, 3.05) is 0 Å². The van der Waals surface area contributed by atoms with Crippen LogP contribution in [-0.2, 0) is 6.54 Å². The summed E-state index contributed by atoms with van der Waals surface area (Å²) >= 11 is 0. The van der Waals surface area contributed by atoms with Crippen LogP contribution in [0, 0.1) is 0 Å². The lowest BCUT2D eigenvalue weighted by molar-refractivity contribution is 0.248. The molecule has 3 N–H and O–H groups in total. The molecule has 0 aromatic carbocycles. The van der Waals surface area contributed by atoms with E-state index in [1.54, 1.807) is 23.1 Å². The number of nitrogens with zero attached hydrogens (tertiary/aromatic N) is 4. The molecule has 0 radical (unpaired) electrons. The van der Waals surface area contributed by atoms with Gasteiger partial charge in [-0.1, -0.05) is 0 Å². The maximum absolute atomic E-state index is 10.6. The molecule has 0 saturated carbocycles. The molecule has 0 bridgehead atoms. The minimum Gasteiger partial charge on any atom is -0.352 e. The molecule has 0 unspecified atom stereocenters.